The van der Waals surface area contributed by atoms with Crippen molar-refractivity contribution in [2.45, 2.75) is 25.7 Å². The standard InChI is InChI=1S/C24H30N4/c1-16-10-18(19-6-5-17(11-25)24-21(19)4-3-8-26-24)13-28(12-16)9-7-20-22-14-27(2)15-23(20)22/h3-6,8,16,18,20,22-23H,7,9-10,12-15H2,1-2H3/t16-,18-,20?,22-,23+/m1/s1. The number of pyridine rings is 1. The van der Waals surface area contributed by atoms with Gasteiger partial charge in [-0.1, -0.05) is 19.1 Å². The highest BCUT2D eigenvalue weighted by Crippen LogP contribution is 2.53. The number of piperidine rings is 2. The van der Waals surface area contributed by atoms with Crippen LogP contribution in [-0.4, -0.2) is 54.6 Å². The Morgan fingerprint density at radius 3 is 2.75 bits per heavy atom. The van der Waals surface area contributed by atoms with E-state index in [0.717, 1.165) is 29.8 Å². The molecule has 5 atom stereocenters. The molecule has 1 aromatic heterocycles. The van der Waals surface area contributed by atoms with Gasteiger partial charge < -0.3 is 9.80 Å². The second-order valence-electron chi connectivity index (χ2n) is 9.51. The third kappa shape index (κ3) is 3.21. The van der Waals surface area contributed by atoms with Crippen LogP contribution in [0, 0.1) is 35.0 Å². The molecule has 0 amide bonds. The zero-order valence-electron chi connectivity index (χ0n) is 17.0. The molecule has 4 heteroatoms. The van der Waals surface area contributed by atoms with E-state index in [1.165, 1.54) is 50.0 Å². The summed E-state index contributed by atoms with van der Waals surface area (Å²) in [5.74, 6) is 4.19. The van der Waals surface area contributed by atoms with Crippen LogP contribution in [0.4, 0.5) is 0 Å². The van der Waals surface area contributed by atoms with E-state index in [4.69, 9.17) is 0 Å². The zero-order chi connectivity index (χ0) is 19.3. The number of likely N-dealkylation sites (tertiary alicyclic amines) is 2. The lowest BCUT2D eigenvalue weighted by Crippen LogP contribution is -2.39. The Kier molecular flexibility index (Phi) is 4.61. The van der Waals surface area contributed by atoms with Gasteiger partial charge in [0, 0.05) is 37.8 Å². The third-order valence-corrected chi connectivity index (χ3v) is 7.43. The summed E-state index contributed by atoms with van der Waals surface area (Å²) in [7, 11) is 2.26. The van der Waals surface area contributed by atoms with Crippen molar-refractivity contribution in [3.8, 4) is 6.07 Å². The van der Waals surface area contributed by atoms with Crippen LogP contribution >= 0.6 is 0 Å². The van der Waals surface area contributed by atoms with Gasteiger partial charge in [0.05, 0.1) is 11.1 Å². The summed E-state index contributed by atoms with van der Waals surface area (Å²) in [5.41, 5.74) is 2.93. The van der Waals surface area contributed by atoms with Crippen LogP contribution in [0.25, 0.3) is 10.9 Å². The largest absolute Gasteiger partial charge is 0.306 e. The van der Waals surface area contributed by atoms with Crippen molar-refractivity contribution >= 4 is 10.9 Å². The van der Waals surface area contributed by atoms with Crippen molar-refractivity contribution in [3.05, 3.63) is 41.6 Å². The van der Waals surface area contributed by atoms with Gasteiger partial charge in [0.1, 0.15) is 6.07 Å². The minimum atomic E-state index is 0.535. The number of nitriles is 1. The fourth-order valence-electron chi connectivity index (χ4n) is 6.13. The summed E-state index contributed by atoms with van der Waals surface area (Å²) in [6.45, 7) is 8.64. The number of nitrogens with zero attached hydrogens (tertiary/aromatic N) is 4. The summed E-state index contributed by atoms with van der Waals surface area (Å²) < 4.78 is 0. The maximum Gasteiger partial charge on any atom is 0.101 e. The van der Waals surface area contributed by atoms with Crippen LogP contribution in [-0.2, 0) is 0 Å². The third-order valence-electron chi connectivity index (χ3n) is 7.43. The lowest BCUT2D eigenvalue weighted by molar-refractivity contribution is 0.157. The number of fused-ring (bicyclic) bond motifs is 2. The van der Waals surface area contributed by atoms with Gasteiger partial charge in [-0.2, -0.15) is 5.26 Å². The minimum absolute atomic E-state index is 0.535. The summed E-state index contributed by atoms with van der Waals surface area (Å²) in [4.78, 5) is 9.71. The molecular weight excluding hydrogens is 344 g/mol. The first-order valence-electron chi connectivity index (χ1n) is 10.8. The Bertz CT molecular complexity index is 904. The molecule has 2 aliphatic heterocycles. The van der Waals surface area contributed by atoms with E-state index in [1.807, 2.05) is 12.1 Å². The van der Waals surface area contributed by atoms with Crippen molar-refractivity contribution in [2.75, 3.05) is 39.8 Å². The Morgan fingerprint density at radius 2 is 1.96 bits per heavy atom. The highest BCUT2D eigenvalue weighted by Gasteiger charge is 2.53. The molecule has 28 heavy (non-hydrogen) atoms. The second kappa shape index (κ2) is 7.13. The van der Waals surface area contributed by atoms with E-state index in [9.17, 15) is 5.26 Å². The summed E-state index contributed by atoms with van der Waals surface area (Å²) in [6.07, 6.45) is 4.40. The van der Waals surface area contributed by atoms with Crippen molar-refractivity contribution in [1.29, 1.82) is 5.26 Å². The van der Waals surface area contributed by atoms with Gasteiger partial charge in [-0.25, -0.2) is 0 Å². The van der Waals surface area contributed by atoms with Crippen LogP contribution in [0.1, 0.15) is 36.8 Å². The summed E-state index contributed by atoms with van der Waals surface area (Å²) in [6, 6.07) is 10.6. The number of aromatic nitrogens is 1. The van der Waals surface area contributed by atoms with Crippen molar-refractivity contribution in [2.24, 2.45) is 23.7 Å². The van der Waals surface area contributed by atoms with E-state index >= 15 is 0 Å². The fraction of sp³-hybridized carbons (Fsp3) is 0.583. The molecule has 1 aliphatic carbocycles. The number of hydrogen-bond donors (Lipinski definition) is 0. The predicted octanol–water partition coefficient (Wildman–Crippen LogP) is 3.73. The maximum absolute atomic E-state index is 9.43. The molecule has 1 saturated carbocycles. The first-order chi connectivity index (χ1) is 13.6. The number of hydrogen-bond acceptors (Lipinski definition) is 4. The molecule has 2 aromatic rings. The molecule has 2 saturated heterocycles. The van der Waals surface area contributed by atoms with Crippen molar-refractivity contribution in [3.63, 3.8) is 0 Å². The molecular formula is C24H30N4. The normalized spacial score (nSPS) is 33.0. The highest BCUT2D eigenvalue weighted by atomic mass is 15.2. The molecule has 146 valence electrons. The Labute approximate surface area is 168 Å². The van der Waals surface area contributed by atoms with E-state index < -0.39 is 0 Å². The van der Waals surface area contributed by atoms with Gasteiger partial charge in [-0.3, -0.25) is 4.98 Å². The van der Waals surface area contributed by atoms with E-state index in [2.05, 4.69) is 47.0 Å². The Hall–Kier alpha value is -1.96. The van der Waals surface area contributed by atoms with Gasteiger partial charge in [0.25, 0.3) is 0 Å². The molecule has 0 N–H and O–H groups in total. The van der Waals surface area contributed by atoms with Crippen molar-refractivity contribution in [1.82, 2.24) is 14.8 Å². The van der Waals surface area contributed by atoms with Gasteiger partial charge in [0.15, 0.2) is 0 Å². The summed E-state index contributed by atoms with van der Waals surface area (Å²) in [5, 5.41) is 10.6. The quantitative estimate of drug-likeness (QED) is 0.818. The van der Waals surface area contributed by atoms with E-state index in [-0.39, 0.29) is 0 Å². The molecule has 5 rings (SSSR count). The number of benzene rings is 1. The molecule has 0 bridgehead atoms. The van der Waals surface area contributed by atoms with Crippen LogP contribution in [0.3, 0.4) is 0 Å². The van der Waals surface area contributed by atoms with Crippen LogP contribution in [0.5, 0.6) is 0 Å². The lowest BCUT2D eigenvalue weighted by atomic mass is 9.83. The van der Waals surface area contributed by atoms with Crippen LogP contribution in [0.15, 0.2) is 30.5 Å². The Balaban J connectivity index is 1.31. The van der Waals surface area contributed by atoms with Gasteiger partial charge in [-0.05, 0) is 73.7 Å². The average molecular weight is 375 g/mol. The first-order valence-corrected chi connectivity index (χ1v) is 10.8. The number of rotatable bonds is 4. The maximum atomic E-state index is 9.43. The Morgan fingerprint density at radius 1 is 1.14 bits per heavy atom. The average Bonchev–Trinajstić information content (AvgIpc) is 3.17. The highest BCUT2D eigenvalue weighted by molar-refractivity contribution is 5.87. The SMILES string of the molecule is C[C@@H]1C[C@@H](c2ccc(C#N)c3ncccc23)CN(CCC2[C@H]3CN(C)C[C@@H]23)C1. The van der Waals surface area contributed by atoms with E-state index in [0.29, 0.717) is 17.4 Å². The van der Waals surface area contributed by atoms with Gasteiger partial charge >= 0.3 is 0 Å². The van der Waals surface area contributed by atoms with Crippen molar-refractivity contribution < 1.29 is 0 Å². The first kappa shape index (κ1) is 18.1. The summed E-state index contributed by atoms with van der Waals surface area (Å²) >= 11 is 0. The minimum Gasteiger partial charge on any atom is -0.306 e. The second-order valence-corrected chi connectivity index (χ2v) is 9.51. The molecule has 3 aliphatic rings. The van der Waals surface area contributed by atoms with Gasteiger partial charge in [-0.15, -0.1) is 0 Å². The monoisotopic (exact) mass is 374 g/mol. The zero-order valence-corrected chi connectivity index (χ0v) is 17.0. The van der Waals surface area contributed by atoms with Crippen LogP contribution in [0.2, 0.25) is 0 Å². The molecule has 4 nitrogen and oxygen atoms in total. The molecule has 3 heterocycles. The molecule has 3 fully saturated rings. The smallest absolute Gasteiger partial charge is 0.101 e. The topological polar surface area (TPSA) is 43.2 Å². The predicted molar refractivity (Wildman–Crippen MR) is 112 cm³/mol. The lowest BCUT2D eigenvalue weighted by Gasteiger charge is -2.37. The fourth-order valence-corrected chi connectivity index (χ4v) is 6.13. The van der Waals surface area contributed by atoms with Gasteiger partial charge in [0.2, 0.25) is 0 Å². The molecule has 0 spiro atoms. The molecule has 0 radical (unpaired) electrons. The van der Waals surface area contributed by atoms with Crippen LogP contribution < -0.4 is 0 Å². The van der Waals surface area contributed by atoms with E-state index in [1.54, 1.807) is 6.20 Å². The molecule has 1 unspecified atom stereocenters. The molecule has 1 aromatic carbocycles.